The minimum Gasteiger partial charge on any atom is -0.490 e. The van der Waals surface area contributed by atoms with Gasteiger partial charge in [0.15, 0.2) is 17.8 Å². The molecule has 0 atom stereocenters. The van der Waals surface area contributed by atoms with Crippen LogP contribution < -0.4 is 14.8 Å². The highest BCUT2D eigenvalue weighted by Crippen LogP contribution is 2.36. The molecule has 2 rings (SSSR count). The fourth-order valence-electron chi connectivity index (χ4n) is 1.90. The van der Waals surface area contributed by atoms with E-state index in [2.05, 4.69) is 5.32 Å². The van der Waals surface area contributed by atoms with Gasteiger partial charge in [0.25, 0.3) is 0 Å². The standard InChI is InChI=1S/C15H19NO5/c1-15(2,3)21-14(18)16-11-5-6-12-13(10(11)9-17)20-8-4-7-19-12/h5-6,9H,4,7-8H2,1-3H3,(H,16,18). The summed E-state index contributed by atoms with van der Waals surface area (Å²) in [4.78, 5) is 23.2. The van der Waals surface area contributed by atoms with Crippen LogP contribution in [-0.4, -0.2) is 31.2 Å². The first-order valence-corrected chi connectivity index (χ1v) is 6.78. The SMILES string of the molecule is CC(C)(C)OC(=O)Nc1ccc2c(c1C=O)OCCCO2. The first-order chi connectivity index (χ1) is 9.90. The largest absolute Gasteiger partial charge is 0.490 e. The van der Waals surface area contributed by atoms with Crippen LogP contribution in [0.3, 0.4) is 0 Å². The number of hydrogen-bond acceptors (Lipinski definition) is 5. The van der Waals surface area contributed by atoms with Gasteiger partial charge in [-0.2, -0.15) is 0 Å². The van der Waals surface area contributed by atoms with Gasteiger partial charge in [-0.3, -0.25) is 10.1 Å². The second-order valence-corrected chi connectivity index (χ2v) is 5.65. The van der Waals surface area contributed by atoms with Gasteiger partial charge >= 0.3 is 6.09 Å². The van der Waals surface area contributed by atoms with Crippen LogP contribution in [0.2, 0.25) is 0 Å². The Kier molecular flexibility index (Phi) is 4.35. The van der Waals surface area contributed by atoms with Gasteiger partial charge in [0.05, 0.1) is 24.5 Å². The zero-order valence-electron chi connectivity index (χ0n) is 12.4. The van der Waals surface area contributed by atoms with Crippen LogP contribution in [0.25, 0.3) is 0 Å². The molecule has 0 aliphatic carbocycles. The third kappa shape index (κ3) is 3.87. The van der Waals surface area contributed by atoms with E-state index in [0.717, 1.165) is 6.42 Å². The minimum atomic E-state index is -0.625. The van der Waals surface area contributed by atoms with E-state index in [-0.39, 0.29) is 5.56 Å². The van der Waals surface area contributed by atoms with Crippen LogP contribution in [0.5, 0.6) is 11.5 Å². The third-order valence-corrected chi connectivity index (χ3v) is 2.71. The second kappa shape index (κ2) is 6.03. The van der Waals surface area contributed by atoms with Crippen molar-refractivity contribution >= 4 is 18.1 Å². The third-order valence-electron chi connectivity index (χ3n) is 2.71. The van der Waals surface area contributed by atoms with Crippen LogP contribution in [0.4, 0.5) is 10.5 Å². The number of amides is 1. The van der Waals surface area contributed by atoms with Crippen LogP contribution in [-0.2, 0) is 4.74 Å². The van der Waals surface area contributed by atoms with Gasteiger partial charge in [0.2, 0.25) is 0 Å². The van der Waals surface area contributed by atoms with Crippen molar-refractivity contribution in [1.82, 2.24) is 0 Å². The molecule has 1 aliphatic rings. The molecule has 1 N–H and O–H groups in total. The van der Waals surface area contributed by atoms with Crippen LogP contribution >= 0.6 is 0 Å². The Balaban J connectivity index is 2.26. The number of fused-ring (bicyclic) bond motifs is 1. The number of benzene rings is 1. The molecule has 0 saturated carbocycles. The molecule has 1 aromatic carbocycles. The number of nitrogens with one attached hydrogen (secondary N) is 1. The monoisotopic (exact) mass is 293 g/mol. The molecule has 0 fully saturated rings. The number of anilines is 1. The van der Waals surface area contributed by atoms with Crippen molar-refractivity contribution in [1.29, 1.82) is 0 Å². The topological polar surface area (TPSA) is 73.9 Å². The quantitative estimate of drug-likeness (QED) is 0.848. The molecule has 0 saturated heterocycles. The lowest BCUT2D eigenvalue weighted by atomic mass is 10.1. The highest BCUT2D eigenvalue weighted by molar-refractivity contribution is 5.96. The summed E-state index contributed by atoms with van der Waals surface area (Å²) in [7, 11) is 0. The van der Waals surface area contributed by atoms with Crippen molar-refractivity contribution in [2.75, 3.05) is 18.5 Å². The zero-order chi connectivity index (χ0) is 15.5. The molecular formula is C15H19NO5. The Morgan fingerprint density at radius 1 is 1.29 bits per heavy atom. The fourth-order valence-corrected chi connectivity index (χ4v) is 1.90. The van der Waals surface area contributed by atoms with Crippen molar-refractivity contribution in [3.63, 3.8) is 0 Å². The first-order valence-electron chi connectivity index (χ1n) is 6.78. The average Bonchev–Trinajstić information content (AvgIpc) is 2.61. The van der Waals surface area contributed by atoms with Gasteiger partial charge in [0, 0.05) is 6.42 Å². The Morgan fingerprint density at radius 3 is 2.67 bits per heavy atom. The van der Waals surface area contributed by atoms with Gasteiger partial charge in [-0.25, -0.2) is 4.79 Å². The number of aldehydes is 1. The molecule has 21 heavy (non-hydrogen) atoms. The molecule has 6 nitrogen and oxygen atoms in total. The number of ether oxygens (including phenoxy) is 3. The average molecular weight is 293 g/mol. The van der Waals surface area contributed by atoms with E-state index in [1.165, 1.54) is 0 Å². The van der Waals surface area contributed by atoms with Crippen molar-refractivity contribution in [3.8, 4) is 11.5 Å². The predicted octanol–water partition coefficient (Wildman–Crippen LogP) is 3.01. The molecule has 0 aromatic heterocycles. The Hall–Kier alpha value is -2.24. The fraction of sp³-hybridized carbons (Fsp3) is 0.467. The molecule has 1 amide bonds. The summed E-state index contributed by atoms with van der Waals surface area (Å²) in [6, 6.07) is 3.27. The number of rotatable bonds is 2. The van der Waals surface area contributed by atoms with Crippen molar-refractivity contribution in [3.05, 3.63) is 17.7 Å². The summed E-state index contributed by atoms with van der Waals surface area (Å²) < 4.78 is 16.2. The molecule has 1 aromatic rings. The van der Waals surface area contributed by atoms with E-state index in [9.17, 15) is 9.59 Å². The van der Waals surface area contributed by atoms with Crippen molar-refractivity contribution in [2.45, 2.75) is 32.8 Å². The van der Waals surface area contributed by atoms with E-state index < -0.39 is 11.7 Å². The first kappa shape index (κ1) is 15.2. The summed E-state index contributed by atoms with van der Waals surface area (Å²) in [6.07, 6.45) is 0.752. The summed E-state index contributed by atoms with van der Waals surface area (Å²) >= 11 is 0. The van der Waals surface area contributed by atoms with Crippen LogP contribution in [0.15, 0.2) is 12.1 Å². The lowest BCUT2D eigenvalue weighted by Crippen LogP contribution is -2.27. The highest BCUT2D eigenvalue weighted by Gasteiger charge is 2.21. The maximum atomic E-state index is 11.8. The number of hydrogen-bond donors (Lipinski definition) is 1. The van der Waals surface area contributed by atoms with E-state index in [4.69, 9.17) is 14.2 Å². The van der Waals surface area contributed by atoms with Crippen LogP contribution in [0, 0.1) is 0 Å². The maximum absolute atomic E-state index is 11.8. The maximum Gasteiger partial charge on any atom is 0.412 e. The molecule has 6 heteroatoms. The molecule has 1 aliphatic heterocycles. The summed E-state index contributed by atoms with van der Waals surface area (Å²) in [6.45, 7) is 6.29. The summed E-state index contributed by atoms with van der Waals surface area (Å²) in [5.41, 5.74) is -0.0275. The van der Waals surface area contributed by atoms with Crippen molar-refractivity contribution in [2.24, 2.45) is 0 Å². The molecular weight excluding hydrogens is 274 g/mol. The second-order valence-electron chi connectivity index (χ2n) is 5.65. The molecule has 0 radical (unpaired) electrons. The predicted molar refractivity (Wildman–Crippen MR) is 77.3 cm³/mol. The smallest absolute Gasteiger partial charge is 0.412 e. The zero-order valence-corrected chi connectivity index (χ0v) is 12.4. The molecule has 0 bridgehead atoms. The number of carbonyl (C=O) groups excluding carboxylic acids is 2. The Bertz CT molecular complexity index is 548. The molecule has 114 valence electrons. The van der Waals surface area contributed by atoms with E-state index in [0.29, 0.717) is 36.7 Å². The van der Waals surface area contributed by atoms with Gasteiger partial charge in [-0.15, -0.1) is 0 Å². The molecule has 0 spiro atoms. The van der Waals surface area contributed by atoms with E-state index in [1.54, 1.807) is 32.9 Å². The lowest BCUT2D eigenvalue weighted by molar-refractivity contribution is 0.0636. The highest BCUT2D eigenvalue weighted by atomic mass is 16.6. The number of carbonyl (C=O) groups is 2. The summed E-state index contributed by atoms with van der Waals surface area (Å²) in [5.74, 6) is 0.861. The van der Waals surface area contributed by atoms with Crippen LogP contribution in [0.1, 0.15) is 37.6 Å². The Morgan fingerprint density at radius 2 is 2.00 bits per heavy atom. The summed E-state index contributed by atoms with van der Waals surface area (Å²) in [5, 5.41) is 2.56. The van der Waals surface area contributed by atoms with Gasteiger partial charge in [0.1, 0.15) is 5.60 Å². The van der Waals surface area contributed by atoms with Gasteiger partial charge in [-0.05, 0) is 32.9 Å². The normalized spacial score (nSPS) is 14.0. The van der Waals surface area contributed by atoms with E-state index >= 15 is 0 Å². The Labute approximate surface area is 123 Å². The van der Waals surface area contributed by atoms with E-state index in [1.807, 2.05) is 0 Å². The molecule has 1 heterocycles. The van der Waals surface area contributed by atoms with Crippen molar-refractivity contribution < 1.29 is 23.8 Å². The molecule has 0 unspecified atom stereocenters. The van der Waals surface area contributed by atoms with Gasteiger partial charge < -0.3 is 14.2 Å². The van der Waals surface area contributed by atoms with Gasteiger partial charge in [-0.1, -0.05) is 0 Å². The minimum absolute atomic E-state index is 0.250. The lowest BCUT2D eigenvalue weighted by Gasteiger charge is -2.20.